The van der Waals surface area contributed by atoms with Crippen LogP contribution in [0.2, 0.25) is 0 Å². The van der Waals surface area contributed by atoms with E-state index in [9.17, 15) is 9.59 Å². The van der Waals surface area contributed by atoms with Crippen molar-refractivity contribution in [3.8, 4) is 10.6 Å². The number of likely N-dealkylation sites (tertiary alicyclic amines) is 1. The molecule has 6 heteroatoms. The number of rotatable bonds is 4. The summed E-state index contributed by atoms with van der Waals surface area (Å²) in [6.07, 6.45) is 1.13. The first-order valence-electron chi connectivity index (χ1n) is 8.48. The molecule has 1 amide bonds. The van der Waals surface area contributed by atoms with Gasteiger partial charge >= 0.3 is 5.97 Å². The highest BCUT2D eigenvalue weighted by atomic mass is 32.1. The standard InChI is InChI=1S/C19H22N2O3S/c1-13-8-14(2)10-21(9-13)17(22)11-24-19(23)16-12-25-18(20-16)15-6-4-3-5-7-15/h3-7,12-14H,8-11H2,1-2H3/t13-,14-/m0/s1. The smallest absolute Gasteiger partial charge is 0.358 e. The molecule has 2 atom stereocenters. The molecule has 0 N–H and O–H groups in total. The van der Waals surface area contributed by atoms with Crippen molar-refractivity contribution in [2.45, 2.75) is 20.3 Å². The van der Waals surface area contributed by atoms with Gasteiger partial charge < -0.3 is 9.64 Å². The maximum atomic E-state index is 12.3. The Labute approximate surface area is 151 Å². The quantitative estimate of drug-likeness (QED) is 0.785. The molecule has 0 saturated carbocycles. The number of carbonyl (C=O) groups is 2. The normalized spacial score (nSPS) is 20.3. The minimum Gasteiger partial charge on any atom is -0.451 e. The average molecular weight is 358 g/mol. The molecule has 2 aromatic rings. The van der Waals surface area contributed by atoms with Crippen LogP contribution in [-0.4, -0.2) is 41.5 Å². The Balaban J connectivity index is 1.56. The second-order valence-corrected chi connectivity index (χ2v) is 7.58. The monoisotopic (exact) mass is 358 g/mol. The SMILES string of the molecule is C[C@H]1C[C@H](C)CN(C(=O)COC(=O)c2csc(-c3ccccc3)n2)C1. The highest BCUT2D eigenvalue weighted by molar-refractivity contribution is 7.13. The number of hydrogen-bond donors (Lipinski definition) is 0. The summed E-state index contributed by atoms with van der Waals surface area (Å²) in [4.78, 5) is 30.5. The van der Waals surface area contributed by atoms with Gasteiger partial charge in [0.15, 0.2) is 12.3 Å². The van der Waals surface area contributed by atoms with Crippen LogP contribution < -0.4 is 0 Å². The fraction of sp³-hybridized carbons (Fsp3) is 0.421. The zero-order valence-corrected chi connectivity index (χ0v) is 15.3. The van der Waals surface area contributed by atoms with Crippen molar-refractivity contribution < 1.29 is 14.3 Å². The molecule has 132 valence electrons. The van der Waals surface area contributed by atoms with Crippen molar-refractivity contribution in [3.05, 3.63) is 41.4 Å². The minimum atomic E-state index is -0.551. The molecule has 1 saturated heterocycles. The van der Waals surface area contributed by atoms with Gasteiger partial charge in [-0.1, -0.05) is 44.2 Å². The van der Waals surface area contributed by atoms with Crippen LogP contribution in [0.1, 0.15) is 30.8 Å². The highest BCUT2D eigenvalue weighted by Crippen LogP contribution is 2.24. The number of benzene rings is 1. The van der Waals surface area contributed by atoms with E-state index in [-0.39, 0.29) is 18.2 Å². The van der Waals surface area contributed by atoms with Crippen molar-refractivity contribution in [3.63, 3.8) is 0 Å². The second kappa shape index (κ2) is 7.78. The van der Waals surface area contributed by atoms with E-state index in [1.54, 1.807) is 10.3 Å². The third kappa shape index (κ3) is 4.45. The van der Waals surface area contributed by atoms with Crippen LogP contribution in [0.4, 0.5) is 0 Å². The Morgan fingerprint density at radius 3 is 2.56 bits per heavy atom. The van der Waals surface area contributed by atoms with Gasteiger partial charge in [0.05, 0.1) is 0 Å². The van der Waals surface area contributed by atoms with Gasteiger partial charge in [-0.3, -0.25) is 4.79 Å². The average Bonchev–Trinajstić information content (AvgIpc) is 3.09. The van der Waals surface area contributed by atoms with Crippen LogP contribution >= 0.6 is 11.3 Å². The zero-order valence-electron chi connectivity index (χ0n) is 14.5. The molecule has 1 aromatic heterocycles. The largest absolute Gasteiger partial charge is 0.451 e. The fourth-order valence-electron chi connectivity index (χ4n) is 3.24. The van der Waals surface area contributed by atoms with Gasteiger partial charge in [0.2, 0.25) is 0 Å². The molecule has 2 heterocycles. The van der Waals surface area contributed by atoms with E-state index < -0.39 is 5.97 Å². The summed E-state index contributed by atoms with van der Waals surface area (Å²) in [5.41, 5.74) is 1.20. The van der Waals surface area contributed by atoms with Crippen LogP contribution in [0, 0.1) is 11.8 Å². The van der Waals surface area contributed by atoms with Gasteiger partial charge in [0.1, 0.15) is 5.01 Å². The summed E-state index contributed by atoms with van der Waals surface area (Å²) in [5, 5.41) is 2.43. The van der Waals surface area contributed by atoms with Crippen LogP contribution in [0.3, 0.4) is 0 Å². The molecule has 0 bridgehead atoms. The molecular formula is C19H22N2O3S. The lowest BCUT2D eigenvalue weighted by atomic mass is 9.92. The Morgan fingerprint density at radius 2 is 1.88 bits per heavy atom. The molecule has 3 rings (SSSR count). The number of hydrogen-bond acceptors (Lipinski definition) is 5. The van der Waals surface area contributed by atoms with E-state index in [0.717, 1.165) is 30.1 Å². The first-order valence-corrected chi connectivity index (χ1v) is 9.36. The summed E-state index contributed by atoms with van der Waals surface area (Å²) < 4.78 is 5.18. The number of nitrogens with zero attached hydrogens (tertiary/aromatic N) is 2. The first kappa shape index (κ1) is 17.6. The van der Waals surface area contributed by atoms with Crippen molar-refractivity contribution in [1.29, 1.82) is 0 Å². The third-order valence-corrected chi connectivity index (χ3v) is 5.17. The Kier molecular flexibility index (Phi) is 5.48. The number of esters is 1. The Bertz CT molecular complexity index is 734. The van der Waals surface area contributed by atoms with Gasteiger partial charge in [-0.05, 0) is 18.3 Å². The first-order chi connectivity index (χ1) is 12.0. The molecule has 0 radical (unpaired) electrons. The Hall–Kier alpha value is -2.21. The van der Waals surface area contributed by atoms with Gasteiger partial charge in [-0.2, -0.15) is 0 Å². The van der Waals surface area contributed by atoms with Crippen molar-refractivity contribution in [1.82, 2.24) is 9.88 Å². The predicted octanol–water partition coefficient (Wildman–Crippen LogP) is 3.47. The topological polar surface area (TPSA) is 59.5 Å². The van der Waals surface area contributed by atoms with Crippen molar-refractivity contribution in [2.75, 3.05) is 19.7 Å². The van der Waals surface area contributed by atoms with Gasteiger partial charge in [0, 0.05) is 24.0 Å². The lowest BCUT2D eigenvalue weighted by Crippen LogP contribution is -2.44. The Morgan fingerprint density at radius 1 is 1.20 bits per heavy atom. The number of piperidine rings is 1. The van der Waals surface area contributed by atoms with E-state index in [1.165, 1.54) is 11.3 Å². The van der Waals surface area contributed by atoms with Crippen LogP contribution in [0.25, 0.3) is 10.6 Å². The van der Waals surface area contributed by atoms with E-state index in [1.807, 2.05) is 30.3 Å². The molecule has 5 nitrogen and oxygen atoms in total. The number of amides is 1. The molecular weight excluding hydrogens is 336 g/mol. The van der Waals surface area contributed by atoms with Crippen LogP contribution in [-0.2, 0) is 9.53 Å². The third-order valence-electron chi connectivity index (χ3n) is 4.28. The molecule has 1 aliphatic heterocycles. The molecule has 0 aliphatic carbocycles. The fourth-order valence-corrected chi connectivity index (χ4v) is 4.04. The number of ether oxygens (including phenoxy) is 1. The lowest BCUT2D eigenvalue weighted by Gasteiger charge is -2.34. The van der Waals surface area contributed by atoms with Gasteiger partial charge in [0.25, 0.3) is 5.91 Å². The molecule has 0 spiro atoms. The van der Waals surface area contributed by atoms with Crippen LogP contribution in [0.15, 0.2) is 35.7 Å². The molecule has 25 heavy (non-hydrogen) atoms. The lowest BCUT2D eigenvalue weighted by molar-refractivity contribution is -0.137. The minimum absolute atomic E-state index is 0.134. The van der Waals surface area contributed by atoms with Gasteiger partial charge in [-0.25, -0.2) is 9.78 Å². The zero-order chi connectivity index (χ0) is 17.8. The summed E-state index contributed by atoms with van der Waals surface area (Å²) >= 11 is 1.39. The summed E-state index contributed by atoms with van der Waals surface area (Å²) in [7, 11) is 0. The number of carbonyl (C=O) groups excluding carboxylic acids is 2. The second-order valence-electron chi connectivity index (χ2n) is 6.72. The predicted molar refractivity (Wildman–Crippen MR) is 97.4 cm³/mol. The van der Waals surface area contributed by atoms with E-state index in [4.69, 9.17) is 4.74 Å². The highest BCUT2D eigenvalue weighted by Gasteiger charge is 2.26. The summed E-state index contributed by atoms with van der Waals surface area (Å²) in [5.74, 6) is 0.279. The summed E-state index contributed by atoms with van der Waals surface area (Å²) in [6.45, 7) is 5.52. The molecule has 1 fully saturated rings. The van der Waals surface area contributed by atoms with E-state index in [0.29, 0.717) is 11.8 Å². The molecule has 1 aromatic carbocycles. The number of aromatic nitrogens is 1. The maximum absolute atomic E-state index is 12.3. The number of thiazole rings is 1. The molecule has 1 aliphatic rings. The van der Waals surface area contributed by atoms with E-state index >= 15 is 0 Å². The van der Waals surface area contributed by atoms with Gasteiger partial charge in [-0.15, -0.1) is 11.3 Å². The van der Waals surface area contributed by atoms with Crippen LogP contribution in [0.5, 0.6) is 0 Å². The summed E-state index contributed by atoms with van der Waals surface area (Å²) in [6, 6.07) is 9.66. The van der Waals surface area contributed by atoms with Crippen molar-refractivity contribution in [2.24, 2.45) is 11.8 Å². The van der Waals surface area contributed by atoms with E-state index in [2.05, 4.69) is 18.8 Å². The molecule has 0 unspecified atom stereocenters. The maximum Gasteiger partial charge on any atom is 0.358 e. The van der Waals surface area contributed by atoms with Crippen molar-refractivity contribution >= 4 is 23.2 Å².